The highest BCUT2D eigenvalue weighted by Gasteiger charge is 2.45. The fraction of sp³-hybridized carbons (Fsp3) is 0.312. The van der Waals surface area contributed by atoms with Gasteiger partial charge in [0.15, 0.2) is 0 Å². The van der Waals surface area contributed by atoms with E-state index in [4.69, 9.17) is 0 Å². The van der Waals surface area contributed by atoms with Gasteiger partial charge in [0, 0.05) is 55.3 Å². The number of hydrogen-bond donors (Lipinski definition) is 0. The highest BCUT2D eigenvalue weighted by atomic mass is 32.1. The molecule has 2 aliphatic heterocycles. The molecule has 0 saturated heterocycles. The Morgan fingerprint density at radius 3 is 1.71 bits per heavy atom. The zero-order valence-corrected chi connectivity index (χ0v) is 43.8. The molecule has 1 aliphatic carbocycles. The van der Waals surface area contributed by atoms with Crippen LogP contribution in [0.2, 0.25) is 0 Å². The maximum absolute atomic E-state index is 2.67. The Morgan fingerprint density at radius 1 is 0.493 bits per heavy atom. The molecule has 0 N–H and O–H groups in total. The van der Waals surface area contributed by atoms with Crippen LogP contribution < -0.4 is 26.2 Å². The van der Waals surface area contributed by atoms with E-state index in [2.05, 4.69) is 244 Å². The number of benzene rings is 7. The van der Waals surface area contributed by atoms with E-state index in [1.807, 2.05) is 11.3 Å². The molecule has 3 nitrogen and oxygen atoms in total. The monoisotopic (exact) mass is 920 g/mol. The largest absolute Gasteiger partial charge is 0.311 e. The van der Waals surface area contributed by atoms with E-state index in [1.165, 1.54) is 105 Å². The summed E-state index contributed by atoms with van der Waals surface area (Å²) < 4.78 is 5.38. The average molecular weight is 920 g/mol. The van der Waals surface area contributed by atoms with Gasteiger partial charge in [0.25, 0.3) is 6.71 Å². The van der Waals surface area contributed by atoms with Crippen molar-refractivity contribution in [3.8, 4) is 5.69 Å². The van der Waals surface area contributed by atoms with E-state index in [1.54, 1.807) is 0 Å². The standard InChI is InChI=1S/C64H66BN3S/c1-60(2,3)39-21-25-42(26-22-39)66(43-27-23-40(24-28-43)61(4,5)6)45-30-32-50-52(38-45)67(44-29-31-48-49(37-44)64(12,13)34-33-63(48,10)11)53-35-41(62(7,8)9)36-54-56(53)65(50)51-19-16-18-47-57(51)68(54)58-46-17-14-15-20-55(46)69-59(47)58/h14-32,35-38H,33-34H2,1-13H3. The third-order valence-corrected chi connectivity index (χ3v) is 17.5. The molecule has 0 unspecified atom stereocenters. The summed E-state index contributed by atoms with van der Waals surface area (Å²) in [5.74, 6) is 0. The van der Waals surface area contributed by atoms with Crippen LogP contribution in [-0.2, 0) is 27.1 Å². The van der Waals surface area contributed by atoms with Crippen LogP contribution in [0.4, 0.5) is 34.1 Å². The summed E-state index contributed by atoms with van der Waals surface area (Å²) in [5.41, 5.74) is 22.4. The Balaban J connectivity index is 1.18. The Bertz CT molecular complexity index is 3510. The first kappa shape index (κ1) is 44.2. The molecule has 4 heterocycles. The number of para-hydroxylation sites is 1. The Labute approximate surface area is 414 Å². The van der Waals surface area contributed by atoms with E-state index >= 15 is 0 Å². The lowest BCUT2D eigenvalue weighted by Crippen LogP contribution is -2.60. The molecule has 346 valence electrons. The van der Waals surface area contributed by atoms with Crippen LogP contribution in [0.3, 0.4) is 0 Å². The second kappa shape index (κ2) is 14.7. The Kier molecular flexibility index (Phi) is 9.45. The van der Waals surface area contributed by atoms with Crippen molar-refractivity contribution < 1.29 is 0 Å². The van der Waals surface area contributed by atoms with Crippen molar-refractivity contribution in [2.24, 2.45) is 0 Å². The lowest BCUT2D eigenvalue weighted by atomic mass is 9.33. The molecule has 9 aromatic rings. The van der Waals surface area contributed by atoms with Gasteiger partial charge in [0.2, 0.25) is 0 Å². The van der Waals surface area contributed by atoms with E-state index in [-0.39, 0.29) is 33.8 Å². The SMILES string of the molecule is CC(C)(C)c1ccc(N(c2ccc(C(C)(C)C)cc2)c2ccc3c(c2)N(c2ccc4c(c2)C(C)(C)CCC4(C)C)c2cc(C(C)(C)C)cc4c2B3c2cccc3c5sc6ccccc6c5n-4c23)cc1. The van der Waals surface area contributed by atoms with Crippen LogP contribution in [0.25, 0.3) is 36.9 Å². The molecular formula is C64H66BN3S. The molecule has 0 bridgehead atoms. The highest BCUT2D eigenvalue weighted by Crippen LogP contribution is 2.51. The van der Waals surface area contributed by atoms with Crippen LogP contribution in [0.15, 0.2) is 140 Å². The lowest BCUT2D eigenvalue weighted by Gasteiger charge is -2.44. The minimum absolute atomic E-state index is 0.0365. The zero-order chi connectivity index (χ0) is 48.3. The molecule has 12 rings (SSSR count). The summed E-state index contributed by atoms with van der Waals surface area (Å²) in [6.07, 6.45) is 2.35. The first-order valence-electron chi connectivity index (χ1n) is 25.3. The smallest absolute Gasteiger partial charge is 0.252 e. The maximum Gasteiger partial charge on any atom is 0.252 e. The second-order valence-corrected chi connectivity index (χ2v) is 26.0. The number of hydrogen-bond acceptors (Lipinski definition) is 3. The van der Waals surface area contributed by atoms with Gasteiger partial charge in [-0.15, -0.1) is 11.3 Å². The molecule has 5 heteroatoms. The molecule has 0 atom stereocenters. The van der Waals surface area contributed by atoms with E-state index < -0.39 is 0 Å². The van der Waals surface area contributed by atoms with Crippen LogP contribution in [0.5, 0.6) is 0 Å². The molecule has 3 aliphatic rings. The van der Waals surface area contributed by atoms with Gasteiger partial charge < -0.3 is 14.4 Å². The van der Waals surface area contributed by atoms with Gasteiger partial charge >= 0.3 is 0 Å². The summed E-state index contributed by atoms with van der Waals surface area (Å²) in [5, 5.41) is 2.68. The molecule has 2 aromatic heterocycles. The molecule has 69 heavy (non-hydrogen) atoms. The first-order chi connectivity index (χ1) is 32.6. The third kappa shape index (κ3) is 6.73. The van der Waals surface area contributed by atoms with Gasteiger partial charge in [-0.1, -0.05) is 163 Å². The molecular weight excluding hydrogens is 854 g/mol. The Hall–Kier alpha value is -6.04. The Morgan fingerprint density at radius 2 is 1.07 bits per heavy atom. The molecule has 0 saturated carbocycles. The van der Waals surface area contributed by atoms with Crippen molar-refractivity contribution in [2.45, 2.75) is 130 Å². The number of nitrogens with zero attached hydrogens (tertiary/aromatic N) is 3. The van der Waals surface area contributed by atoms with Gasteiger partial charge in [-0.25, -0.2) is 0 Å². The molecule has 7 aromatic carbocycles. The normalized spacial score (nSPS) is 16.0. The summed E-state index contributed by atoms with van der Waals surface area (Å²) >= 11 is 1.94. The average Bonchev–Trinajstić information content (AvgIpc) is 3.84. The van der Waals surface area contributed by atoms with Crippen molar-refractivity contribution in [3.63, 3.8) is 0 Å². The van der Waals surface area contributed by atoms with Crippen molar-refractivity contribution in [2.75, 3.05) is 9.80 Å². The van der Waals surface area contributed by atoms with Gasteiger partial charge in [-0.2, -0.15) is 0 Å². The summed E-state index contributed by atoms with van der Waals surface area (Å²) in [6, 6.07) is 54.7. The quantitative estimate of drug-likeness (QED) is 0.163. The predicted octanol–water partition coefficient (Wildman–Crippen LogP) is 16.3. The number of rotatable bonds is 4. The van der Waals surface area contributed by atoms with Gasteiger partial charge in [0.1, 0.15) is 0 Å². The van der Waals surface area contributed by atoms with E-state index in [9.17, 15) is 0 Å². The molecule has 0 fully saturated rings. The van der Waals surface area contributed by atoms with Crippen molar-refractivity contribution >= 4 is 99.8 Å². The summed E-state index contributed by atoms with van der Waals surface area (Å²) in [7, 11) is 0. The topological polar surface area (TPSA) is 11.4 Å². The lowest BCUT2D eigenvalue weighted by molar-refractivity contribution is 0.332. The fourth-order valence-electron chi connectivity index (χ4n) is 12.1. The van der Waals surface area contributed by atoms with Crippen LogP contribution in [0, 0.1) is 0 Å². The number of thiophene rings is 1. The van der Waals surface area contributed by atoms with Crippen molar-refractivity contribution in [3.05, 3.63) is 167 Å². The van der Waals surface area contributed by atoms with E-state index in [0.29, 0.717) is 0 Å². The molecule has 0 radical (unpaired) electrons. The van der Waals surface area contributed by atoms with E-state index in [0.717, 1.165) is 23.5 Å². The first-order valence-corrected chi connectivity index (χ1v) is 26.2. The predicted molar refractivity (Wildman–Crippen MR) is 302 cm³/mol. The minimum Gasteiger partial charge on any atom is -0.311 e. The fourth-order valence-corrected chi connectivity index (χ4v) is 13.3. The summed E-state index contributed by atoms with van der Waals surface area (Å²) in [6.45, 7) is 30.8. The third-order valence-electron chi connectivity index (χ3n) is 16.3. The van der Waals surface area contributed by atoms with Crippen LogP contribution in [0.1, 0.15) is 131 Å². The van der Waals surface area contributed by atoms with Crippen molar-refractivity contribution in [1.82, 2.24) is 4.57 Å². The van der Waals surface area contributed by atoms with Gasteiger partial charge in [-0.05, 0) is 151 Å². The number of aromatic nitrogens is 1. The molecule has 0 spiro atoms. The highest BCUT2D eigenvalue weighted by molar-refractivity contribution is 7.26. The number of anilines is 6. The number of fused-ring (bicyclic) bond motifs is 10. The zero-order valence-electron chi connectivity index (χ0n) is 43.0. The van der Waals surface area contributed by atoms with Crippen molar-refractivity contribution in [1.29, 1.82) is 0 Å². The van der Waals surface area contributed by atoms with Crippen LogP contribution in [-0.4, -0.2) is 11.3 Å². The maximum atomic E-state index is 2.67. The second-order valence-electron chi connectivity index (χ2n) is 25.0. The summed E-state index contributed by atoms with van der Waals surface area (Å²) in [4.78, 5) is 5.15. The van der Waals surface area contributed by atoms with Gasteiger partial charge in [0.05, 0.1) is 15.7 Å². The van der Waals surface area contributed by atoms with Crippen LogP contribution >= 0.6 is 11.3 Å². The minimum atomic E-state index is -0.106. The molecule has 0 amide bonds. The van der Waals surface area contributed by atoms with Gasteiger partial charge in [-0.3, -0.25) is 0 Å².